The van der Waals surface area contributed by atoms with Crippen LogP contribution in [0.15, 0.2) is 57.0 Å². The molecule has 0 aliphatic rings. The number of aromatic nitrogens is 2. The number of thiophene rings is 1. The number of aryl methyl sites for hydroxylation is 1. The fraction of sp³-hybridized carbons (Fsp3) is 0.250. The van der Waals surface area contributed by atoms with Crippen molar-refractivity contribution >= 4 is 50.9 Å². The van der Waals surface area contributed by atoms with Gasteiger partial charge in [0.05, 0.1) is 41.6 Å². The molecule has 0 atom stereocenters. The minimum absolute atomic E-state index is 0.00119. The maximum Gasteiger partial charge on any atom is 0.341 e. The lowest BCUT2D eigenvalue weighted by Gasteiger charge is -2.12. The smallest absolute Gasteiger partial charge is 0.341 e. The van der Waals surface area contributed by atoms with E-state index in [1.54, 1.807) is 43.5 Å². The summed E-state index contributed by atoms with van der Waals surface area (Å²) < 4.78 is 12.1. The highest BCUT2D eigenvalue weighted by atomic mass is 32.2. The molecule has 0 bridgehead atoms. The molecule has 4 rings (SSSR count). The summed E-state index contributed by atoms with van der Waals surface area (Å²) in [7, 11) is 0. The number of esters is 1. The summed E-state index contributed by atoms with van der Waals surface area (Å²) in [6.45, 7) is 5.90. The number of hydrogen-bond acceptors (Lipinski definition) is 8. The normalized spacial score (nSPS) is 11.0. The second-order valence-corrected chi connectivity index (χ2v) is 9.59. The van der Waals surface area contributed by atoms with Gasteiger partial charge in [0.25, 0.3) is 5.56 Å². The third-order valence-corrected chi connectivity index (χ3v) is 7.27. The van der Waals surface area contributed by atoms with Crippen molar-refractivity contribution < 1.29 is 18.7 Å². The summed E-state index contributed by atoms with van der Waals surface area (Å²) in [5.41, 5.74) is 1.51. The van der Waals surface area contributed by atoms with Crippen molar-refractivity contribution in [3.63, 3.8) is 0 Å². The van der Waals surface area contributed by atoms with E-state index >= 15 is 0 Å². The lowest BCUT2D eigenvalue weighted by Crippen LogP contribution is -2.24. The van der Waals surface area contributed by atoms with Crippen LogP contribution in [0, 0.1) is 13.8 Å². The molecule has 0 fully saturated rings. The Balaban J connectivity index is 1.58. The molecule has 3 aromatic heterocycles. The number of carbonyl (C=O) groups excluding carboxylic acids is 2. The minimum Gasteiger partial charge on any atom is -0.467 e. The van der Waals surface area contributed by atoms with Crippen LogP contribution in [0.25, 0.3) is 10.9 Å². The van der Waals surface area contributed by atoms with E-state index in [4.69, 9.17) is 9.15 Å². The van der Waals surface area contributed by atoms with E-state index in [-0.39, 0.29) is 30.4 Å². The molecular weight excluding hydrogens is 474 g/mol. The molecule has 176 valence electrons. The van der Waals surface area contributed by atoms with Gasteiger partial charge in [-0.2, -0.15) is 0 Å². The Labute approximate surface area is 204 Å². The number of para-hydroxylation sites is 1. The summed E-state index contributed by atoms with van der Waals surface area (Å²) >= 11 is 2.48. The van der Waals surface area contributed by atoms with Crippen molar-refractivity contribution in [2.75, 3.05) is 17.7 Å². The Morgan fingerprint density at radius 3 is 2.74 bits per heavy atom. The van der Waals surface area contributed by atoms with Crippen LogP contribution in [0.4, 0.5) is 5.00 Å². The zero-order valence-corrected chi connectivity index (χ0v) is 20.5. The number of nitrogens with zero attached hydrogens (tertiary/aromatic N) is 2. The number of nitrogens with one attached hydrogen (secondary N) is 1. The first-order chi connectivity index (χ1) is 16.4. The van der Waals surface area contributed by atoms with Gasteiger partial charge in [0, 0.05) is 4.88 Å². The monoisotopic (exact) mass is 497 g/mol. The number of furan rings is 1. The van der Waals surface area contributed by atoms with Gasteiger partial charge in [-0.1, -0.05) is 23.9 Å². The molecule has 0 aliphatic heterocycles. The fourth-order valence-electron chi connectivity index (χ4n) is 3.41. The van der Waals surface area contributed by atoms with Gasteiger partial charge in [0.2, 0.25) is 5.91 Å². The van der Waals surface area contributed by atoms with Gasteiger partial charge < -0.3 is 14.5 Å². The van der Waals surface area contributed by atoms with Crippen molar-refractivity contribution in [3.05, 3.63) is 74.8 Å². The topological polar surface area (TPSA) is 103 Å². The zero-order valence-electron chi connectivity index (χ0n) is 18.9. The van der Waals surface area contributed by atoms with E-state index in [1.807, 2.05) is 19.9 Å². The number of amides is 1. The van der Waals surface area contributed by atoms with Crippen LogP contribution in [0.5, 0.6) is 0 Å². The number of fused-ring (bicyclic) bond motifs is 1. The second-order valence-electron chi connectivity index (χ2n) is 7.43. The van der Waals surface area contributed by atoms with Gasteiger partial charge in [0.15, 0.2) is 5.16 Å². The third-order valence-electron chi connectivity index (χ3n) is 5.17. The van der Waals surface area contributed by atoms with Crippen molar-refractivity contribution in [2.24, 2.45) is 0 Å². The quantitative estimate of drug-likeness (QED) is 0.215. The van der Waals surface area contributed by atoms with Gasteiger partial charge in [-0.25, -0.2) is 9.78 Å². The molecule has 1 N–H and O–H groups in total. The maximum atomic E-state index is 13.2. The molecule has 0 unspecified atom stereocenters. The van der Waals surface area contributed by atoms with Crippen LogP contribution in [0.2, 0.25) is 0 Å². The number of hydrogen-bond donors (Lipinski definition) is 1. The molecule has 34 heavy (non-hydrogen) atoms. The molecule has 10 heteroatoms. The summed E-state index contributed by atoms with van der Waals surface area (Å²) in [5, 5.41) is 4.17. The molecule has 0 spiro atoms. The van der Waals surface area contributed by atoms with E-state index in [0.717, 1.165) is 22.2 Å². The van der Waals surface area contributed by atoms with Crippen LogP contribution < -0.4 is 10.9 Å². The molecule has 3 heterocycles. The van der Waals surface area contributed by atoms with E-state index in [9.17, 15) is 14.4 Å². The maximum absolute atomic E-state index is 13.2. The summed E-state index contributed by atoms with van der Waals surface area (Å²) in [6, 6.07) is 10.6. The van der Waals surface area contributed by atoms with E-state index < -0.39 is 5.97 Å². The number of anilines is 1. The van der Waals surface area contributed by atoms with Gasteiger partial charge in [-0.15, -0.1) is 11.3 Å². The van der Waals surface area contributed by atoms with E-state index in [0.29, 0.717) is 32.4 Å². The highest BCUT2D eigenvalue weighted by Gasteiger charge is 2.22. The van der Waals surface area contributed by atoms with Crippen molar-refractivity contribution in [1.82, 2.24) is 9.55 Å². The third kappa shape index (κ3) is 4.92. The standard InChI is InChI=1S/C24H23N3O5S2/c1-4-31-23(30)20-14(2)15(3)34-21(20)26-19(28)13-33-24-25-18-10-6-5-9-17(18)22(29)27(24)12-16-8-7-11-32-16/h5-11H,4,12-13H2,1-3H3,(H,26,28). The molecule has 0 aliphatic carbocycles. The minimum atomic E-state index is -0.462. The average Bonchev–Trinajstić information content (AvgIpc) is 3.42. The molecule has 4 aromatic rings. The fourth-order valence-corrected chi connectivity index (χ4v) is 5.28. The van der Waals surface area contributed by atoms with Crippen LogP contribution >= 0.6 is 23.1 Å². The van der Waals surface area contributed by atoms with Gasteiger partial charge >= 0.3 is 5.97 Å². The molecular formula is C24H23N3O5S2. The molecule has 0 radical (unpaired) electrons. The second kappa shape index (κ2) is 10.3. The number of rotatable bonds is 8. The number of carbonyl (C=O) groups is 2. The lowest BCUT2D eigenvalue weighted by molar-refractivity contribution is -0.113. The molecule has 1 aromatic carbocycles. The lowest BCUT2D eigenvalue weighted by atomic mass is 10.1. The molecule has 0 saturated carbocycles. The zero-order chi connectivity index (χ0) is 24.2. The van der Waals surface area contributed by atoms with Gasteiger partial charge in [-0.3, -0.25) is 14.2 Å². The van der Waals surface area contributed by atoms with E-state index in [2.05, 4.69) is 10.3 Å². The average molecular weight is 498 g/mol. The van der Waals surface area contributed by atoms with Crippen LogP contribution in [0.3, 0.4) is 0 Å². The number of benzene rings is 1. The number of ether oxygens (including phenoxy) is 1. The summed E-state index contributed by atoms with van der Waals surface area (Å²) in [6.07, 6.45) is 1.54. The predicted octanol–water partition coefficient (Wildman–Crippen LogP) is 4.62. The Hall–Kier alpha value is -3.37. The van der Waals surface area contributed by atoms with Gasteiger partial charge in [-0.05, 0) is 50.6 Å². The first kappa shape index (κ1) is 23.8. The highest BCUT2D eigenvalue weighted by molar-refractivity contribution is 7.99. The Bertz CT molecular complexity index is 1410. The SMILES string of the molecule is CCOC(=O)c1c(NC(=O)CSc2nc3ccccc3c(=O)n2Cc2ccco2)sc(C)c1C. The first-order valence-corrected chi connectivity index (χ1v) is 12.4. The first-order valence-electron chi connectivity index (χ1n) is 10.6. The predicted molar refractivity (Wildman–Crippen MR) is 133 cm³/mol. The molecule has 8 nitrogen and oxygen atoms in total. The van der Waals surface area contributed by atoms with Crippen molar-refractivity contribution in [1.29, 1.82) is 0 Å². The Morgan fingerprint density at radius 2 is 2.00 bits per heavy atom. The van der Waals surface area contributed by atoms with Crippen molar-refractivity contribution in [3.8, 4) is 0 Å². The highest BCUT2D eigenvalue weighted by Crippen LogP contribution is 2.33. The Kier molecular flexibility index (Phi) is 7.18. The number of thioether (sulfide) groups is 1. The largest absolute Gasteiger partial charge is 0.467 e. The van der Waals surface area contributed by atoms with Crippen molar-refractivity contribution in [2.45, 2.75) is 32.5 Å². The van der Waals surface area contributed by atoms with Crippen LogP contribution in [-0.4, -0.2) is 33.8 Å². The van der Waals surface area contributed by atoms with E-state index in [1.165, 1.54) is 15.9 Å². The molecule has 0 saturated heterocycles. The summed E-state index contributed by atoms with van der Waals surface area (Å²) in [5.74, 6) is -0.171. The van der Waals surface area contributed by atoms with Crippen LogP contribution in [0.1, 0.15) is 33.5 Å². The molecule has 1 amide bonds. The summed E-state index contributed by atoms with van der Waals surface area (Å²) in [4.78, 5) is 43.9. The van der Waals surface area contributed by atoms with Crippen LogP contribution in [-0.2, 0) is 16.1 Å². The Morgan fingerprint density at radius 1 is 1.21 bits per heavy atom. The van der Waals surface area contributed by atoms with Gasteiger partial charge in [0.1, 0.15) is 10.8 Å².